The van der Waals surface area contributed by atoms with E-state index in [4.69, 9.17) is 9.84 Å². The molecule has 0 bridgehead atoms. The van der Waals surface area contributed by atoms with E-state index in [0.717, 1.165) is 5.56 Å². The summed E-state index contributed by atoms with van der Waals surface area (Å²) in [7, 11) is 0. The van der Waals surface area contributed by atoms with Gasteiger partial charge in [-0.15, -0.1) is 0 Å². The van der Waals surface area contributed by atoms with Crippen LogP contribution >= 0.6 is 15.9 Å². The van der Waals surface area contributed by atoms with Crippen LogP contribution in [0.1, 0.15) is 36.7 Å². The van der Waals surface area contributed by atoms with Crippen LogP contribution in [0, 0.1) is 0 Å². The van der Waals surface area contributed by atoms with Gasteiger partial charge in [-0.05, 0) is 44.5 Å². The molecule has 0 radical (unpaired) electrons. The monoisotopic (exact) mass is 340 g/mol. The Hall–Kier alpha value is -1.62. The van der Waals surface area contributed by atoms with Gasteiger partial charge in [0.15, 0.2) is 0 Å². The maximum atomic E-state index is 12.0. The standard InChI is InChI=1S/C15H17BrO4/c1-15(2,3)20-14(19)12(9-16)8-10-4-6-11(7-5-10)13(17)18/h4-8H,9H2,1-3H3,(H,17,18). The predicted molar refractivity (Wildman–Crippen MR) is 81.0 cm³/mol. The molecule has 0 aliphatic heterocycles. The van der Waals surface area contributed by atoms with Gasteiger partial charge in [0.25, 0.3) is 0 Å². The van der Waals surface area contributed by atoms with E-state index in [2.05, 4.69) is 15.9 Å². The van der Waals surface area contributed by atoms with Crippen molar-refractivity contribution < 1.29 is 19.4 Å². The molecule has 0 aromatic heterocycles. The number of halogens is 1. The fraction of sp³-hybridized carbons (Fsp3) is 0.333. The van der Waals surface area contributed by atoms with Crippen LogP contribution in [0.15, 0.2) is 29.8 Å². The Labute approximate surface area is 126 Å². The molecule has 0 amide bonds. The third-order valence-corrected chi connectivity index (χ3v) is 2.91. The first-order chi connectivity index (χ1) is 9.23. The third kappa shape index (κ3) is 5.17. The minimum Gasteiger partial charge on any atom is -0.478 e. The second kappa shape index (κ2) is 6.70. The predicted octanol–water partition coefficient (Wildman–Crippen LogP) is 3.50. The van der Waals surface area contributed by atoms with Crippen LogP contribution in [-0.4, -0.2) is 28.0 Å². The first-order valence-corrected chi connectivity index (χ1v) is 7.18. The fourth-order valence-electron chi connectivity index (χ4n) is 1.42. The van der Waals surface area contributed by atoms with Crippen molar-refractivity contribution in [3.8, 4) is 0 Å². The summed E-state index contributed by atoms with van der Waals surface area (Å²) >= 11 is 3.26. The summed E-state index contributed by atoms with van der Waals surface area (Å²) in [6, 6.07) is 6.29. The first-order valence-electron chi connectivity index (χ1n) is 6.06. The highest BCUT2D eigenvalue weighted by Gasteiger charge is 2.19. The van der Waals surface area contributed by atoms with Gasteiger partial charge >= 0.3 is 11.9 Å². The maximum absolute atomic E-state index is 12.0. The van der Waals surface area contributed by atoms with Gasteiger partial charge in [0.2, 0.25) is 0 Å². The largest absolute Gasteiger partial charge is 0.478 e. The summed E-state index contributed by atoms with van der Waals surface area (Å²) in [5, 5.41) is 9.19. The molecule has 5 heteroatoms. The van der Waals surface area contributed by atoms with Crippen molar-refractivity contribution in [1.29, 1.82) is 0 Å². The van der Waals surface area contributed by atoms with Crippen molar-refractivity contribution in [2.75, 3.05) is 5.33 Å². The highest BCUT2D eigenvalue weighted by Crippen LogP contribution is 2.16. The third-order valence-electron chi connectivity index (χ3n) is 2.30. The quantitative estimate of drug-likeness (QED) is 0.517. The molecular weight excluding hydrogens is 324 g/mol. The molecule has 0 atom stereocenters. The van der Waals surface area contributed by atoms with E-state index in [1.54, 1.807) is 39.0 Å². The summed E-state index contributed by atoms with van der Waals surface area (Å²) in [5.41, 5.74) is 0.879. The number of esters is 1. The molecule has 0 spiro atoms. The normalized spacial score (nSPS) is 12.1. The molecule has 1 rings (SSSR count). The minimum atomic E-state index is -0.978. The highest BCUT2D eigenvalue weighted by atomic mass is 79.9. The zero-order valence-corrected chi connectivity index (χ0v) is 13.2. The van der Waals surface area contributed by atoms with Crippen LogP contribution in [0.4, 0.5) is 0 Å². The van der Waals surface area contributed by atoms with Crippen LogP contribution in [0.3, 0.4) is 0 Å². The molecule has 0 aliphatic rings. The number of ether oxygens (including phenoxy) is 1. The van der Waals surface area contributed by atoms with Gasteiger partial charge in [-0.2, -0.15) is 0 Å². The number of rotatable bonds is 4. The Kier molecular flexibility index (Phi) is 5.51. The number of hydrogen-bond donors (Lipinski definition) is 1. The zero-order chi connectivity index (χ0) is 15.3. The van der Waals surface area contributed by atoms with Gasteiger partial charge < -0.3 is 9.84 Å². The molecule has 108 valence electrons. The average Bonchev–Trinajstić information content (AvgIpc) is 2.34. The van der Waals surface area contributed by atoms with Crippen molar-refractivity contribution in [2.24, 2.45) is 0 Å². The average molecular weight is 341 g/mol. The van der Waals surface area contributed by atoms with Crippen molar-refractivity contribution >= 4 is 33.9 Å². The lowest BCUT2D eigenvalue weighted by atomic mass is 10.1. The number of carboxylic acid groups (broad SMARTS) is 1. The molecule has 4 nitrogen and oxygen atoms in total. The molecule has 0 aliphatic carbocycles. The maximum Gasteiger partial charge on any atom is 0.335 e. The van der Waals surface area contributed by atoms with E-state index < -0.39 is 17.5 Å². The number of carbonyl (C=O) groups is 2. The van der Waals surface area contributed by atoms with Gasteiger partial charge in [0.1, 0.15) is 5.60 Å². The van der Waals surface area contributed by atoms with E-state index >= 15 is 0 Å². The Morgan fingerprint density at radius 2 is 1.80 bits per heavy atom. The second-order valence-corrected chi connectivity index (χ2v) is 5.79. The number of carbonyl (C=O) groups excluding carboxylic acids is 1. The lowest BCUT2D eigenvalue weighted by Gasteiger charge is -2.20. The summed E-state index contributed by atoms with van der Waals surface area (Å²) in [4.78, 5) is 22.7. The van der Waals surface area contributed by atoms with E-state index in [1.807, 2.05) is 0 Å². The van der Waals surface area contributed by atoms with Crippen molar-refractivity contribution in [2.45, 2.75) is 26.4 Å². The summed E-state index contributed by atoms with van der Waals surface area (Å²) in [6.07, 6.45) is 1.68. The van der Waals surface area contributed by atoms with Crippen molar-refractivity contribution in [1.82, 2.24) is 0 Å². The van der Waals surface area contributed by atoms with Crippen molar-refractivity contribution in [3.05, 3.63) is 41.0 Å². The molecule has 1 aromatic carbocycles. The van der Waals surface area contributed by atoms with Crippen LogP contribution in [0.25, 0.3) is 6.08 Å². The molecular formula is C15H17BrO4. The van der Waals surface area contributed by atoms with Gasteiger partial charge in [-0.1, -0.05) is 28.1 Å². The lowest BCUT2D eigenvalue weighted by Crippen LogP contribution is -2.25. The number of carboxylic acids is 1. The molecule has 0 heterocycles. The number of alkyl halides is 1. The van der Waals surface area contributed by atoms with E-state index in [1.165, 1.54) is 12.1 Å². The summed E-state index contributed by atoms with van der Waals surface area (Å²) in [5.74, 6) is -1.37. The van der Waals surface area contributed by atoms with E-state index in [-0.39, 0.29) is 5.56 Å². The molecule has 1 aromatic rings. The highest BCUT2D eigenvalue weighted by molar-refractivity contribution is 9.09. The number of hydrogen-bond acceptors (Lipinski definition) is 3. The SMILES string of the molecule is CC(C)(C)OC(=O)C(=Cc1ccc(C(=O)O)cc1)CBr. The smallest absolute Gasteiger partial charge is 0.335 e. The topological polar surface area (TPSA) is 63.6 Å². The zero-order valence-electron chi connectivity index (χ0n) is 11.6. The molecule has 20 heavy (non-hydrogen) atoms. The number of benzene rings is 1. The van der Waals surface area contributed by atoms with E-state index in [0.29, 0.717) is 10.9 Å². The summed E-state index contributed by atoms with van der Waals surface area (Å²) in [6.45, 7) is 5.41. The van der Waals surface area contributed by atoms with Crippen LogP contribution in [0.5, 0.6) is 0 Å². The Morgan fingerprint density at radius 1 is 1.25 bits per heavy atom. The minimum absolute atomic E-state index is 0.208. The van der Waals surface area contributed by atoms with Gasteiger partial charge in [-0.25, -0.2) is 9.59 Å². The first kappa shape index (κ1) is 16.4. The Balaban J connectivity index is 2.94. The van der Waals surface area contributed by atoms with Gasteiger partial charge in [0.05, 0.1) is 5.56 Å². The van der Waals surface area contributed by atoms with Gasteiger partial charge in [0, 0.05) is 10.9 Å². The molecule has 1 N–H and O–H groups in total. The number of aromatic carboxylic acids is 1. The molecule has 0 saturated heterocycles. The van der Waals surface area contributed by atoms with E-state index in [9.17, 15) is 9.59 Å². The fourth-order valence-corrected chi connectivity index (χ4v) is 1.81. The van der Waals surface area contributed by atoms with Crippen LogP contribution in [-0.2, 0) is 9.53 Å². The van der Waals surface area contributed by atoms with Crippen LogP contribution < -0.4 is 0 Å². The van der Waals surface area contributed by atoms with Gasteiger partial charge in [-0.3, -0.25) is 0 Å². The Bertz CT molecular complexity index is 524. The molecule has 0 unspecified atom stereocenters. The second-order valence-electron chi connectivity index (χ2n) is 5.23. The molecule has 0 fully saturated rings. The Morgan fingerprint density at radius 3 is 2.20 bits per heavy atom. The lowest BCUT2D eigenvalue weighted by molar-refractivity contribution is -0.149. The summed E-state index contributed by atoms with van der Waals surface area (Å²) < 4.78 is 5.29. The van der Waals surface area contributed by atoms with Crippen molar-refractivity contribution in [3.63, 3.8) is 0 Å². The molecule has 0 saturated carbocycles. The van der Waals surface area contributed by atoms with Crippen LogP contribution in [0.2, 0.25) is 0 Å².